The molecule has 0 amide bonds. The Bertz CT molecular complexity index is 856. The Morgan fingerprint density at radius 2 is 2.13 bits per heavy atom. The first-order chi connectivity index (χ1) is 11.1. The summed E-state index contributed by atoms with van der Waals surface area (Å²) < 4.78 is 1.36. The highest BCUT2D eigenvalue weighted by molar-refractivity contribution is 7.18. The number of anilines is 1. The minimum atomic E-state index is -0.499. The van der Waals surface area contributed by atoms with E-state index in [1.807, 2.05) is 30.3 Å². The van der Waals surface area contributed by atoms with Crippen molar-refractivity contribution in [3.8, 4) is 10.8 Å². The van der Waals surface area contributed by atoms with E-state index in [-0.39, 0.29) is 5.82 Å². The molecule has 0 bridgehead atoms. The summed E-state index contributed by atoms with van der Waals surface area (Å²) in [5.41, 5.74) is 3.72. The lowest BCUT2D eigenvalue weighted by Crippen LogP contribution is -1.98. The minimum absolute atomic E-state index is 0.105. The number of hydrogen-bond acceptors (Lipinski definition) is 8. The molecule has 9 nitrogen and oxygen atoms in total. The van der Waals surface area contributed by atoms with Crippen molar-refractivity contribution in [1.82, 2.24) is 19.7 Å². The lowest BCUT2D eigenvalue weighted by Gasteiger charge is -1.94. The maximum atomic E-state index is 10.8. The SMILES string of the molecule is Cn1c([N+](=O)[O-])cnc1-c1nnc(N/N=C/c2ccccc2)s1. The van der Waals surface area contributed by atoms with Crippen molar-refractivity contribution in [1.29, 1.82) is 0 Å². The van der Waals surface area contributed by atoms with Crippen LogP contribution in [0.3, 0.4) is 0 Å². The molecular formula is C13H11N7O2S. The van der Waals surface area contributed by atoms with Crippen LogP contribution in [0.4, 0.5) is 10.9 Å². The quantitative estimate of drug-likeness (QED) is 0.437. The van der Waals surface area contributed by atoms with Gasteiger partial charge in [-0.3, -0.25) is 5.43 Å². The molecule has 0 atom stereocenters. The van der Waals surface area contributed by atoms with Crippen LogP contribution in [-0.2, 0) is 7.05 Å². The third-order valence-electron chi connectivity index (χ3n) is 2.94. The molecule has 2 heterocycles. The molecule has 0 aliphatic carbocycles. The third-order valence-corrected chi connectivity index (χ3v) is 3.76. The van der Waals surface area contributed by atoms with Gasteiger partial charge in [-0.25, -0.2) is 9.55 Å². The van der Waals surface area contributed by atoms with Gasteiger partial charge >= 0.3 is 5.82 Å². The molecule has 0 fully saturated rings. The molecule has 0 unspecified atom stereocenters. The van der Waals surface area contributed by atoms with Gasteiger partial charge in [-0.2, -0.15) is 5.10 Å². The lowest BCUT2D eigenvalue weighted by molar-refractivity contribution is -0.391. The summed E-state index contributed by atoms with van der Waals surface area (Å²) in [5, 5.41) is 23.8. The molecule has 0 saturated carbocycles. The fourth-order valence-corrected chi connectivity index (χ4v) is 2.55. The molecule has 0 radical (unpaired) electrons. The first-order valence-corrected chi connectivity index (χ1v) is 7.31. The highest BCUT2D eigenvalue weighted by atomic mass is 32.1. The van der Waals surface area contributed by atoms with Gasteiger partial charge in [-0.1, -0.05) is 41.7 Å². The van der Waals surface area contributed by atoms with E-state index in [2.05, 4.69) is 25.7 Å². The van der Waals surface area contributed by atoms with E-state index >= 15 is 0 Å². The van der Waals surface area contributed by atoms with Crippen molar-refractivity contribution in [2.45, 2.75) is 0 Å². The first kappa shape index (κ1) is 14.8. The van der Waals surface area contributed by atoms with Crippen molar-refractivity contribution >= 4 is 28.5 Å². The van der Waals surface area contributed by atoms with Gasteiger partial charge in [0.25, 0.3) is 5.82 Å². The van der Waals surface area contributed by atoms with Gasteiger partial charge in [-0.15, -0.1) is 10.2 Å². The van der Waals surface area contributed by atoms with Gasteiger partial charge in [0.1, 0.15) is 6.20 Å². The Kier molecular flexibility index (Phi) is 4.06. The average molecular weight is 329 g/mol. The molecule has 2 aromatic heterocycles. The monoisotopic (exact) mass is 329 g/mol. The maximum Gasteiger partial charge on any atom is 0.342 e. The summed E-state index contributed by atoms with van der Waals surface area (Å²) in [4.78, 5) is 14.3. The van der Waals surface area contributed by atoms with Crippen LogP contribution < -0.4 is 5.43 Å². The summed E-state index contributed by atoms with van der Waals surface area (Å²) in [6, 6.07) is 9.60. The topological polar surface area (TPSA) is 111 Å². The Morgan fingerprint density at radius 1 is 1.35 bits per heavy atom. The van der Waals surface area contributed by atoms with Gasteiger partial charge in [-0.05, 0) is 10.5 Å². The predicted octanol–water partition coefficient (Wildman–Crippen LogP) is 2.29. The zero-order valence-corrected chi connectivity index (χ0v) is 12.8. The molecule has 10 heteroatoms. The fourth-order valence-electron chi connectivity index (χ4n) is 1.83. The van der Waals surface area contributed by atoms with Gasteiger partial charge in [0.2, 0.25) is 10.1 Å². The summed E-state index contributed by atoms with van der Waals surface area (Å²) in [6.45, 7) is 0. The molecule has 1 N–H and O–H groups in total. The molecule has 0 aliphatic rings. The van der Waals surface area contributed by atoms with Crippen molar-refractivity contribution < 1.29 is 4.92 Å². The van der Waals surface area contributed by atoms with Gasteiger partial charge in [0.15, 0.2) is 0 Å². The van der Waals surface area contributed by atoms with Crippen LogP contribution in [0.15, 0.2) is 41.6 Å². The second-order valence-electron chi connectivity index (χ2n) is 4.45. The summed E-state index contributed by atoms with van der Waals surface area (Å²) in [6.07, 6.45) is 2.85. The average Bonchev–Trinajstić information content (AvgIpc) is 3.15. The van der Waals surface area contributed by atoms with Gasteiger partial charge < -0.3 is 10.1 Å². The Balaban J connectivity index is 1.73. The van der Waals surface area contributed by atoms with Crippen molar-refractivity contribution in [3.05, 3.63) is 52.2 Å². The Labute approximate surface area is 134 Å². The molecule has 0 aliphatic heterocycles. The number of nitrogens with one attached hydrogen (secondary N) is 1. The Morgan fingerprint density at radius 3 is 2.83 bits per heavy atom. The second-order valence-corrected chi connectivity index (χ2v) is 5.43. The molecule has 0 saturated heterocycles. The first-order valence-electron chi connectivity index (χ1n) is 6.49. The Hall–Kier alpha value is -3.14. The minimum Gasteiger partial charge on any atom is -0.358 e. The molecule has 3 aromatic rings. The second kappa shape index (κ2) is 6.32. The largest absolute Gasteiger partial charge is 0.358 e. The van der Waals surface area contributed by atoms with Gasteiger partial charge in [0.05, 0.1) is 13.3 Å². The smallest absolute Gasteiger partial charge is 0.342 e. The number of hydrazone groups is 1. The molecular weight excluding hydrogens is 318 g/mol. The zero-order valence-electron chi connectivity index (χ0n) is 11.9. The van der Waals surface area contributed by atoms with E-state index in [1.165, 1.54) is 22.1 Å². The molecule has 116 valence electrons. The summed E-state index contributed by atoms with van der Waals surface area (Å²) in [7, 11) is 1.56. The van der Waals surface area contributed by atoms with Crippen molar-refractivity contribution in [3.63, 3.8) is 0 Å². The number of imidazole rings is 1. The summed E-state index contributed by atoms with van der Waals surface area (Å²) >= 11 is 1.21. The number of benzene rings is 1. The number of nitro groups is 1. The highest BCUT2D eigenvalue weighted by Crippen LogP contribution is 2.27. The molecule has 0 spiro atoms. The van der Waals surface area contributed by atoms with Crippen LogP contribution >= 0.6 is 11.3 Å². The van der Waals surface area contributed by atoms with Crippen LogP contribution in [0.2, 0.25) is 0 Å². The van der Waals surface area contributed by atoms with Crippen LogP contribution in [-0.4, -0.2) is 30.9 Å². The standard InChI is InChI=1S/C13H11N7O2S/c1-19-10(20(21)22)8-14-11(19)12-16-18-13(23-12)17-15-7-9-5-3-2-4-6-9/h2-8H,1H3,(H,17,18)/b15-7+. The van der Waals surface area contributed by atoms with E-state index in [0.29, 0.717) is 16.0 Å². The third kappa shape index (κ3) is 3.21. The fraction of sp³-hybridized carbons (Fsp3) is 0.0769. The zero-order chi connectivity index (χ0) is 16.2. The number of nitrogens with zero attached hydrogens (tertiary/aromatic N) is 6. The van der Waals surface area contributed by atoms with Crippen LogP contribution in [0.1, 0.15) is 5.56 Å². The van der Waals surface area contributed by atoms with Crippen LogP contribution in [0.5, 0.6) is 0 Å². The van der Waals surface area contributed by atoms with Crippen LogP contribution in [0, 0.1) is 10.1 Å². The highest BCUT2D eigenvalue weighted by Gasteiger charge is 2.21. The molecule has 1 aromatic carbocycles. The summed E-state index contributed by atoms with van der Waals surface area (Å²) in [5.74, 6) is 0.279. The predicted molar refractivity (Wildman–Crippen MR) is 86.4 cm³/mol. The van der Waals surface area contributed by atoms with Gasteiger partial charge in [0, 0.05) is 0 Å². The number of hydrogen-bond donors (Lipinski definition) is 1. The van der Waals surface area contributed by atoms with Crippen molar-refractivity contribution in [2.24, 2.45) is 12.1 Å². The van der Waals surface area contributed by atoms with E-state index in [0.717, 1.165) is 5.56 Å². The van der Waals surface area contributed by atoms with Crippen LogP contribution in [0.25, 0.3) is 10.8 Å². The van der Waals surface area contributed by atoms with E-state index in [9.17, 15) is 10.1 Å². The van der Waals surface area contributed by atoms with Crippen molar-refractivity contribution in [2.75, 3.05) is 5.43 Å². The normalized spacial score (nSPS) is 11.0. The number of aromatic nitrogens is 4. The van der Waals surface area contributed by atoms with E-state index < -0.39 is 4.92 Å². The maximum absolute atomic E-state index is 10.8. The molecule has 3 rings (SSSR count). The lowest BCUT2D eigenvalue weighted by atomic mass is 10.2. The molecule has 23 heavy (non-hydrogen) atoms. The van der Waals surface area contributed by atoms with E-state index in [1.54, 1.807) is 13.3 Å². The van der Waals surface area contributed by atoms with E-state index in [4.69, 9.17) is 0 Å². The number of rotatable bonds is 5.